The van der Waals surface area contributed by atoms with Crippen LogP contribution in [-0.2, 0) is 6.54 Å². The van der Waals surface area contributed by atoms with E-state index >= 15 is 0 Å². The van der Waals surface area contributed by atoms with Crippen molar-refractivity contribution in [2.75, 3.05) is 12.9 Å². The number of ether oxygens (including phenoxy) is 1. The summed E-state index contributed by atoms with van der Waals surface area (Å²) >= 11 is 2.03. The third kappa shape index (κ3) is 4.73. The maximum atomic E-state index is 5.54. The van der Waals surface area contributed by atoms with Crippen LogP contribution in [-0.4, -0.2) is 24.2 Å². The largest absolute Gasteiger partial charge is 0.494 e. The second-order valence-corrected chi connectivity index (χ2v) is 6.31. The smallest absolute Gasteiger partial charge is 0.119 e. The fourth-order valence-corrected chi connectivity index (χ4v) is 3.42. The molecule has 0 aliphatic heterocycles. The summed E-state index contributed by atoms with van der Waals surface area (Å²) in [5.74, 6) is 0.980. The lowest BCUT2D eigenvalue weighted by Gasteiger charge is -2.28. The van der Waals surface area contributed by atoms with Crippen LogP contribution in [0.15, 0.2) is 24.3 Å². The highest BCUT2D eigenvalue weighted by atomic mass is 32.2. The van der Waals surface area contributed by atoms with Crippen LogP contribution in [0.3, 0.4) is 0 Å². The summed E-state index contributed by atoms with van der Waals surface area (Å²) in [6.45, 7) is 3.71. The second kappa shape index (κ2) is 7.81. The van der Waals surface area contributed by atoms with E-state index in [2.05, 4.69) is 29.8 Å². The lowest BCUT2D eigenvalue weighted by molar-refractivity contribution is 0.339. The van der Waals surface area contributed by atoms with Crippen molar-refractivity contribution in [2.45, 2.75) is 50.4 Å². The van der Waals surface area contributed by atoms with Crippen molar-refractivity contribution in [3.05, 3.63) is 29.8 Å². The average molecular weight is 279 g/mol. The SMILES string of the molecule is CCOc1cccc(CNC2CCC(SC)CC2)c1. The number of hydrogen-bond donors (Lipinski definition) is 1. The van der Waals surface area contributed by atoms with Gasteiger partial charge in [-0.05, 0) is 56.6 Å². The van der Waals surface area contributed by atoms with E-state index in [0.29, 0.717) is 6.04 Å². The molecule has 1 aliphatic carbocycles. The molecule has 1 N–H and O–H groups in total. The molecular weight excluding hydrogens is 254 g/mol. The zero-order valence-electron chi connectivity index (χ0n) is 12.0. The zero-order chi connectivity index (χ0) is 13.5. The molecule has 1 fully saturated rings. The van der Waals surface area contributed by atoms with E-state index in [1.165, 1.54) is 31.2 Å². The third-order valence-electron chi connectivity index (χ3n) is 3.81. The highest BCUT2D eigenvalue weighted by Crippen LogP contribution is 2.27. The Balaban J connectivity index is 1.77. The monoisotopic (exact) mass is 279 g/mol. The fraction of sp³-hybridized carbons (Fsp3) is 0.625. The minimum atomic E-state index is 0.694. The summed E-state index contributed by atoms with van der Waals surface area (Å²) in [5, 5.41) is 4.58. The molecule has 1 aliphatic rings. The number of benzene rings is 1. The lowest BCUT2D eigenvalue weighted by atomic mass is 9.95. The van der Waals surface area contributed by atoms with E-state index in [-0.39, 0.29) is 0 Å². The molecule has 2 rings (SSSR count). The van der Waals surface area contributed by atoms with Gasteiger partial charge in [0.1, 0.15) is 5.75 Å². The number of thioether (sulfide) groups is 1. The standard InChI is InChI=1S/C16H25NOS/c1-3-18-15-6-4-5-13(11-15)12-17-14-7-9-16(19-2)10-8-14/h4-6,11,14,16-17H,3,7-10,12H2,1-2H3. The summed E-state index contributed by atoms with van der Waals surface area (Å²) < 4.78 is 5.54. The number of hydrogen-bond acceptors (Lipinski definition) is 3. The van der Waals surface area contributed by atoms with Gasteiger partial charge in [0, 0.05) is 17.8 Å². The van der Waals surface area contributed by atoms with Crippen LogP contribution < -0.4 is 10.1 Å². The molecule has 0 spiro atoms. The first-order valence-corrected chi connectivity index (χ1v) is 8.58. The number of nitrogens with one attached hydrogen (secondary N) is 1. The summed E-state index contributed by atoms with van der Waals surface area (Å²) in [4.78, 5) is 0. The van der Waals surface area contributed by atoms with Gasteiger partial charge in [-0.1, -0.05) is 12.1 Å². The maximum Gasteiger partial charge on any atom is 0.119 e. The molecule has 1 saturated carbocycles. The highest BCUT2D eigenvalue weighted by molar-refractivity contribution is 7.99. The van der Waals surface area contributed by atoms with Crippen molar-refractivity contribution in [1.29, 1.82) is 0 Å². The maximum absolute atomic E-state index is 5.54. The molecular formula is C16H25NOS. The van der Waals surface area contributed by atoms with E-state index in [4.69, 9.17) is 4.74 Å². The van der Waals surface area contributed by atoms with Gasteiger partial charge in [0.25, 0.3) is 0 Å². The van der Waals surface area contributed by atoms with Crippen molar-refractivity contribution in [3.63, 3.8) is 0 Å². The van der Waals surface area contributed by atoms with Gasteiger partial charge in [0.2, 0.25) is 0 Å². The van der Waals surface area contributed by atoms with E-state index < -0.39 is 0 Å². The van der Waals surface area contributed by atoms with Crippen LogP contribution in [0.1, 0.15) is 38.2 Å². The molecule has 2 nitrogen and oxygen atoms in total. The predicted octanol–water partition coefficient (Wildman–Crippen LogP) is 3.85. The Morgan fingerprint density at radius 1 is 1.26 bits per heavy atom. The van der Waals surface area contributed by atoms with Crippen LogP contribution in [0, 0.1) is 0 Å². The van der Waals surface area contributed by atoms with Crippen LogP contribution in [0.4, 0.5) is 0 Å². The lowest BCUT2D eigenvalue weighted by Crippen LogP contribution is -2.33. The van der Waals surface area contributed by atoms with E-state index in [1.807, 2.05) is 24.8 Å². The van der Waals surface area contributed by atoms with Crippen LogP contribution >= 0.6 is 11.8 Å². The van der Waals surface area contributed by atoms with Gasteiger partial charge in [0.15, 0.2) is 0 Å². The zero-order valence-corrected chi connectivity index (χ0v) is 12.8. The Hall–Kier alpha value is -0.670. The molecule has 0 bridgehead atoms. The Morgan fingerprint density at radius 3 is 2.74 bits per heavy atom. The summed E-state index contributed by atoms with van der Waals surface area (Å²) in [7, 11) is 0. The Kier molecular flexibility index (Phi) is 6.05. The molecule has 1 aromatic rings. The van der Waals surface area contributed by atoms with Crippen molar-refractivity contribution in [3.8, 4) is 5.75 Å². The molecule has 0 radical (unpaired) electrons. The van der Waals surface area contributed by atoms with E-state index in [9.17, 15) is 0 Å². The van der Waals surface area contributed by atoms with E-state index in [1.54, 1.807) is 0 Å². The molecule has 0 unspecified atom stereocenters. The van der Waals surface area contributed by atoms with Crippen LogP contribution in [0.25, 0.3) is 0 Å². The summed E-state index contributed by atoms with van der Waals surface area (Å²) in [6, 6.07) is 9.11. The minimum absolute atomic E-state index is 0.694. The van der Waals surface area contributed by atoms with Crippen molar-refractivity contribution in [1.82, 2.24) is 5.32 Å². The van der Waals surface area contributed by atoms with Gasteiger partial charge in [-0.15, -0.1) is 0 Å². The molecule has 0 saturated heterocycles. The van der Waals surface area contributed by atoms with Crippen LogP contribution in [0.5, 0.6) is 5.75 Å². The average Bonchev–Trinajstić information content (AvgIpc) is 2.46. The molecule has 106 valence electrons. The highest BCUT2D eigenvalue weighted by Gasteiger charge is 2.19. The molecule has 1 aromatic carbocycles. The van der Waals surface area contributed by atoms with Gasteiger partial charge in [0.05, 0.1) is 6.61 Å². The predicted molar refractivity (Wildman–Crippen MR) is 84.0 cm³/mol. The molecule has 19 heavy (non-hydrogen) atoms. The first-order valence-electron chi connectivity index (χ1n) is 7.29. The quantitative estimate of drug-likeness (QED) is 0.854. The second-order valence-electron chi connectivity index (χ2n) is 5.17. The molecule has 0 aromatic heterocycles. The first-order chi connectivity index (χ1) is 9.31. The number of rotatable bonds is 6. The van der Waals surface area contributed by atoms with E-state index in [0.717, 1.165) is 24.2 Å². The molecule has 0 heterocycles. The van der Waals surface area contributed by atoms with Crippen LogP contribution in [0.2, 0.25) is 0 Å². The van der Waals surface area contributed by atoms with Gasteiger partial charge in [-0.25, -0.2) is 0 Å². The van der Waals surface area contributed by atoms with Crippen molar-refractivity contribution >= 4 is 11.8 Å². The Morgan fingerprint density at radius 2 is 2.05 bits per heavy atom. The minimum Gasteiger partial charge on any atom is -0.494 e. The fourth-order valence-electron chi connectivity index (χ4n) is 2.68. The first kappa shape index (κ1) is 14.7. The Bertz CT molecular complexity index is 375. The van der Waals surface area contributed by atoms with Gasteiger partial charge in [-0.2, -0.15) is 11.8 Å². The molecule has 3 heteroatoms. The normalized spacial score (nSPS) is 23.3. The van der Waals surface area contributed by atoms with Crippen molar-refractivity contribution in [2.24, 2.45) is 0 Å². The van der Waals surface area contributed by atoms with Gasteiger partial charge >= 0.3 is 0 Å². The summed E-state index contributed by atoms with van der Waals surface area (Å²) in [5.41, 5.74) is 1.32. The topological polar surface area (TPSA) is 21.3 Å². The van der Waals surface area contributed by atoms with Gasteiger partial charge < -0.3 is 10.1 Å². The van der Waals surface area contributed by atoms with Gasteiger partial charge in [-0.3, -0.25) is 0 Å². The Labute approximate surface area is 121 Å². The molecule has 0 amide bonds. The third-order valence-corrected chi connectivity index (χ3v) is 4.95. The van der Waals surface area contributed by atoms with Crippen molar-refractivity contribution < 1.29 is 4.74 Å². The molecule has 0 atom stereocenters. The summed E-state index contributed by atoms with van der Waals surface area (Å²) in [6.07, 6.45) is 7.58.